The van der Waals surface area contributed by atoms with E-state index in [1.807, 2.05) is 29.8 Å². The van der Waals surface area contributed by atoms with Crippen LogP contribution in [0, 0.1) is 0 Å². The molecule has 0 bridgehead atoms. The minimum Gasteiger partial charge on any atom is -0.487 e. The molecule has 0 aliphatic carbocycles. The lowest BCUT2D eigenvalue weighted by Gasteiger charge is -2.09. The van der Waals surface area contributed by atoms with Crippen LogP contribution in [0.15, 0.2) is 77.9 Å². The third kappa shape index (κ3) is 5.33. The van der Waals surface area contributed by atoms with Gasteiger partial charge in [-0.25, -0.2) is 9.97 Å². The fourth-order valence-electron chi connectivity index (χ4n) is 3.05. The topological polar surface area (TPSA) is 69.0 Å². The van der Waals surface area contributed by atoms with Gasteiger partial charge in [0.15, 0.2) is 0 Å². The predicted molar refractivity (Wildman–Crippen MR) is 117 cm³/mol. The van der Waals surface area contributed by atoms with Gasteiger partial charge in [-0.2, -0.15) is 0 Å². The highest BCUT2D eigenvalue weighted by Crippen LogP contribution is 2.14. The third-order valence-electron chi connectivity index (χ3n) is 4.62. The number of carbonyl (C=O) groups is 1. The summed E-state index contributed by atoms with van der Waals surface area (Å²) in [5, 5.41) is 4.91. The van der Waals surface area contributed by atoms with Crippen molar-refractivity contribution in [3.8, 4) is 5.75 Å². The minimum absolute atomic E-state index is 0.109. The Bertz CT molecular complexity index is 1060. The molecular formula is C23H22N4O2S. The molecule has 0 unspecified atom stereocenters. The molecule has 0 radical (unpaired) electrons. The monoisotopic (exact) mass is 418 g/mol. The first kappa shape index (κ1) is 19.8. The Kier molecular flexibility index (Phi) is 6.51. The quantitative estimate of drug-likeness (QED) is 0.447. The van der Waals surface area contributed by atoms with Crippen molar-refractivity contribution in [2.24, 2.45) is 0 Å². The zero-order valence-electron chi connectivity index (χ0n) is 16.4. The van der Waals surface area contributed by atoms with Gasteiger partial charge >= 0.3 is 0 Å². The molecule has 30 heavy (non-hydrogen) atoms. The minimum atomic E-state index is -0.109. The number of amides is 1. The number of nitrogens with one attached hydrogen (secondary N) is 1. The number of hydrogen-bond acceptors (Lipinski definition) is 5. The third-order valence-corrected chi connectivity index (χ3v) is 5.25. The number of hydrogen-bond donors (Lipinski definition) is 1. The largest absolute Gasteiger partial charge is 0.487 e. The van der Waals surface area contributed by atoms with Gasteiger partial charge in [-0.1, -0.05) is 30.3 Å². The van der Waals surface area contributed by atoms with Crippen LogP contribution in [0.3, 0.4) is 0 Å². The van der Waals surface area contributed by atoms with Gasteiger partial charge in [0.05, 0.1) is 11.2 Å². The van der Waals surface area contributed by atoms with E-state index in [1.54, 1.807) is 36.0 Å². The molecule has 0 aliphatic rings. The van der Waals surface area contributed by atoms with Crippen molar-refractivity contribution >= 4 is 17.2 Å². The van der Waals surface area contributed by atoms with E-state index in [0.717, 1.165) is 18.1 Å². The van der Waals surface area contributed by atoms with Gasteiger partial charge in [-0.3, -0.25) is 4.79 Å². The van der Waals surface area contributed by atoms with Crippen LogP contribution in [0.2, 0.25) is 0 Å². The Hall–Kier alpha value is -3.45. The molecule has 0 saturated carbocycles. The Morgan fingerprint density at radius 3 is 2.67 bits per heavy atom. The number of thiazole rings is 1. The summed E-state index contributed by atoms with van der Waals surface area (Å²) < 4.78 is 7.79. The molecule has 6 nitrogen and oxygen atoms in total. The molecular weight excluding hydrogens is 396 g/mol. The number of aromatic nitrogens is 3. The van der Waals surface area contributed by atoms with Crippen molar-refractivity contribution in [3.63, 3.8) is 0 Å². The molecule has 2 aromatic carbocycles. The van der Waals surface area contributed by atoms with Gasteiger partial charge < -0.3 is 14.6 Å². The van der Waals surface area contributed by atoms with Gasteiger partial charge in [0.25, 0.3) is 5.91 Å². The summed E-state index contributed by atoms with van der Waals surface area (Å²) in [6.45, 7) is 1.71. The molecule has 4 aromatic rings. The fourth-order valence-corrected chi connectivity index (χ4v) is 3.59. The van der Waals surface area contributed by atoms with Crippen LogP contribution in [-0.2, 0) is 19.6 Å². The molecule has 1 N–H and O–H groups in total. The molecule has 0 aliphatic heterocycles. The number of ether oxygens (including phenoxy) is 1. The molecule has 2 aromatic heterocycles. The van der Waals surface area contributed by atoms with Crippen molar-refractivity contribution in [1.82, 2.24) is 19.9 Å². The molecule has 7 heteroatoms. The van der Waals surface area contributed by atoms with Crippen molar-refractivity contribution in [3.05, 3.63) is 101 Å². The first-order valence-electron chi connectivity index (χ1n) is 9.70. The Morgan fingerprint density at radius 1 is 1.07 bits per heavy atom. The average molecular weight is 419 g/mol. The lowest BCUT2D eigenvalue weighted by Crippen LogP contribution is -2.26. The van der Waals surface area contributed by atoms with Crippen LogP contribution in [-0.4, -0.2) is 27.0 Å². The van der Waals surface area contributed by atoms with E-state index in [0.29, 0.717) is 30.9 Å². The van der Waals surface area contributed by atoms with Gasteiger partial charge in [0.2, 0.25) is 0 Å². The highest BCUT2D eigenvalue weighted by atomic mass is 32.1. The molecule has 152 valence electrons. The van der Waals surface area contributed by atoms with Crippen LogP contribution in [0.1, 0.15) is 27.4 Å². The van der Waals surface area contributed by atoms with E-state index in [9.17, 15) is 4.79 Å². The maximum absolute atomic E-state index is 12.4. The van der Waals surface area contributed by atoms with E-state index < -0.39 is 0 Å². The second-order valence-corrected chi connectivity index (χ2v) is 7.47. The summed E-state index contributed by atoms with van der Waals surface area (Å²) in [5.41, 5.74) is 4.49. The van der Waals surface area contributed by atoms with Crippen molar-refractivity contribution in [2.75, 3.05) is 6.54 Å². The average Bonchev–Trinajstić information content (AvgIpc) is 3.46. The first-order valence-corrected chi connectivity index (χ1v) is 10.6. The highest BCUT2D eigenvalue weighted by Gasteiger charge is 2.08. The normalized spacial score (nSPS) is 10.7. The van der Waals surface area contributed by atoms with E-state index in [1.165, 1.54) is 16.9 Å². The number of benzene rings is 2. The number of imidazole rings is 1. The first-order chi connectivity index (χ1) is 14.8. The van der Waals surface area contributed by atoms with Crippen LogP contribution in [0.25, 0.3) is 0 Å². The smallest absolute Gasteiger partial charge is 0.251 e. The molecule has 0 saturated heterocycles. The number of rotatable bonds is 9. The molecule has 0 fully saturated rings. The van der Waals surface area contributed by atoms with Crippen molar-refractivity contribution in [2.45, 2.75) is 19.6 Å². The van der Waals surface area contributed by atoms with E-state index in [4.69, 9.17) is 4.74 Å². The second-order valence-electron chi connectivity index (χ2n) is 6.76. The fraction of sp³-hybridized carbons (Fsp3) is 0.174. The lowest BCUT2D eigenvalue weighted by atomic mass is 10.2. The maximum Gasteiger partial charge on any atom is 0.251 e. The Balaban J connectivity index is 1.25. The summed E-state index contributed by atoms with van der Waals surface area (Å²) in [6, 6.07) is 17.4. The van der Waals surface area contributed by atoms with Crippen LogP contribution in [0.5, 0.6) is 5.75 Å². The summed E-state index contributed by atoms with van der Waals surface area (Å²) in [7, 11) is 0. The van der Waals surface area contributed by atoms with E-state index in [2.05, 4.69) is 32.0 Å². The summed E-state index contributed by atoms with van der Waals surface area (Å²) in [5.74, 6) is 1.55. The van der Waals surface area contributed by atoms with Gasteiger partial charge in [-0.15, -0.1) is 11.3 Å². The van der Waals surface area contributed by atoms with Crippen molar-refractivity contribution in [1.29, 1.82) is 0 Å². The Labute approximate surface area is 179 Å². The summed E-state index contributed by atoms with van der Waals surface area (Å²) >= 11 is 1.54. The van der Waals surface area contributed by atoms with Gasteiger partial charge in [-0.05, 0) is 29.8 Å². The molecule has 2 heterocycles. The molecule has 0 atom stereocenters. The van der Waals surface area contributed by atoms with Crippen LogP contribution in [0.4, 0.5) is 0 Å². The second kappa shape index (κ2) is 9.84. The highest BCUT2D eigenvalue weighted by molar-refractivity contribution is 7.07. The zero-order chi connectivity index (χ0) is 20.6. The van der Waals surface area contributed by atoms with Crippen LogP contribution >= 0.6 is 11.3 Å². The molecule has 1 amide bonds. The summed E-state index contributed by atoms with van der Waals surface area (Å²) in [6.07, 6.45) is 4.43. The van der Waals surface area contributed by atoms with Gasteiger partial charge in [0, 0.05) is 42.8 Å². The van der Waals surface area contributed by atoms with E-state index >= 15 is 0 Å². The van der Waals surface area contributed by atoms with Crippen LogP contribution < -0.4 is 10.1 Å². The van der Waals surface area contributed by atoms with Crippen molar-refractivity contribution < 1.29 is 9.53 Å². The standard InChI is InChI=1S/C23H22N4O2S/c28-23(19-6-8-21(9-7-19)29-15-20-16-30-17-26-20)25-11-10-22-24-12-13-27(22)14-18-4-2-1-3-5-18/h1-9,12-13,16-17H,10-11,14-15H2,(H,25,28). The molecule has 0 spiro atoms. The van der Waals surface area contributed by atoms with E-state index in [-0.39, 0.29) is 5.91 Å². The number of carbonyl (C=O) groups excluding carboxylic acids is 1. The maximum atomic E-state index is 12.4. The number of nitrogens with zero attached hydrogens (tertiary/aromatic N) is 3. The molecule has 4 rings (SSSR count). The predicted octanol–water partition coefficient (Wildman–Crippen LogP) is 3.94. The SMILES string of the molecule is O=C(NCCc1nccn1Cc1ccccc1)c1ccc(OCc2cscn2)cc1. The Morgan fingerprint density at radius 2 is 1.90 bits per heavy atom. The summed E-state index contributed by atoms with van der Waals surface area (Å²) in [4.78, 5) is 21.0. The van der Waals surface area contributed by atoms with Gasteiger partial charge in [0.1, 0.15) is 18.2 Å². The lowest BCUT2D eigenvalue weighted by molar-refractivity contribution is 0.0954. The zero-order valence-corrected chi connectivity index (χ0v) is 17.2.